The lowest BCUT2D eigenvalue weighted by Crippen LogP contribution is -2.24. The number of hydrogen-bond donors (Lipinski definition) is 2. The van der Waals surface area contributed by atoms with Crippen molar-refractivity contribution < 1.29 is 9.59 Å². The van der Waals surface area contributed by atoms with Crippen LogP contribution in [0, 0.1) is 6.92 Å². The largest absolute Gasteiger partial charge is 0.345 e. The maximum Gasteiger partial charge on any atom is 0.251 e. The molecule has 0 saturated heterocycles. The fourth-order valence-corrected chi connectivity index (χ4v) is 4.78. The zero-order valence-electron chi connectivity index (χ0n) is 18.7. The molecule has 0 aliphatic rings. The van der Waals surface area contributed by atoms with Gasteiger partial charge in [0, 0.05) is 20.2 Å². The summed E-state index contributed by atoms with van der Waals surface area (Å²) in [6.07, 6.45) is 0. The number of para-hydroxylation sites is 1. The number of carbonyl (C=O) groups is 2. The first-order chi connectivity index (χ1) is 16.9. The van der Waals surface area contributed by atoms with E-state index in [0.29, 0.717) is 22.2 Å². The number of benzene rings is 3. The summed E-state index contributed by atoms with van der Waals surface area (Å²) in [6, 6.07) is 22.6. The molecule has 0 radical (unpaired) electrons. The number of anilines is 1. The van der Waals surface area contributed by atoms with E-state index in [1.54, 1.807) is 6.07 Å². The fraction of sp³-hybridized carbons (Fsp3) is 0.120. The van der Waals surface area contributed by atoms with Gasteiger partial charge in [0.05, 0.1) is 18.0 Å². The van der Waals surface area contributed by atoms with Gasteiger partial charge in [-0.2, -0.15) is 0 Å². The fourth-order valence-electron chi connectivity index (χ4n) is 3.30. The van der Waals surface area contributed by atoms with Crippen LogP contribution in [0.1, 0.15) is 21.7 Å². The van der Waals surface area contributed by atoms with Crippen LogP contribution in [0.2, 0.25) is 0 Å². The van der Waals surface area contributed by atoms with E-state index >= 15 is 0 Å². The molecular formula is C25H21Br2N5O2S. The first-order valence-electron chi connectivity index (χ1n) is 10.6. The highest BCUT2D eigenvalue weighted by atomic mass is 79.9. The van der Waals surface area contributed by atoms with Crippen molar-refractivity contribution in [3.63, 3.8) is 0 Å². The third-order valence-electron chi connectivity index (χ3n) is 4.94. The Morgan fingerprint density at radius 2 is 1.77 bits per heavy atom. The van der Waals surface area contributed by atoms with Crippen molar-refractivity contribution in [3.8, 4) is 5.69 Å². The van der Waals surface area contributed by atoms with Gasteiger partial charge in [-0.05, 0) is 65.3 Å². The Morgan fingerprint density at radius 3 is 2.54 bits per heavy atom. The monoisotopic (exact) mass is 613 g/mol. The number of thioether (sulfide) groups is 1. The number of aromatic nitrogens is 3. The third-order valence-corrected chi connectivity index (χ3v) is 7.05. The Bertz CT molecular complexity index is 1360. The smallest absolute Gasteiger partial charge is 0.251 e. The zero-order valence-corrected chi connectivity index (χ0v) is 22.7. The van der Waals surface area contributed by atoms with Gasteiger partial charge in [0.2, 0.25) is 5.91 Å². The van der Waals surface area contributed by atoms with E-state index < -0.39 is 0 Å². The van der Waals surface area contributed by atoms with Crippen molar-refractivity contribution in [2.24, 2.45) is 0 Å². The lowest BCUT2D eigenvalue weighted by atomic mass is 10.1. The minimum Gasteiger partial charge on any atom is -0.345 e. The molecular weight excluding hydrogens is 594 g/mol. The van der Waals surface area contributed by atoms with Crippen LogP contribution in [0.4, 0.5) is 5.69 Å². The highest BCUT2D eigenvalue weighted by Gasteiger charge is 2.17. The molecule has 4 rings (SSSR count). The van der Waals surface area contributed by atoms with Crippen molar-refractivity contribution in [1.29, 1.82) is 0 Å². The van der Waals surface area contributed by atoms with E-state index in [1.165, 1.54) is 11.8 Å². The van der Waals surface area contributed by atoms with E-state index in [2.05, 4.69) is 52.7 Å². The molecule has 0 saturated carbocycles. The Balaban J connectivity index is 1.49. The van der Waals surface area contributed by atoms with Crippen LogP contribution in [0.15, 0.2) is 86.9 Å². The molecule has 1 aromatic heterocycles. The summed E-state index contributed by atoms with van der Waals surface area (Å²) in [6.45, 7) is 2.13. The standard InChI is InChI=1S/C25H21Br2N5O2S/c1-16-6-5-7-17(12-16)24(34)28-14-22-30-31-25(32(22)19-8-3-2-4-9-19)35-15-23(33)29-21-13-18(26)10-11-20(21)27/h2-13H,14-15H2,1H3,(H,28,34)(H,29,33). The molecule has 0 aliphatic carbocycles. The molecule has 0 fully saturated rings. The summed E-state index contributed by atoms with van der Waals surface area (Å²) in [5.74, 6) is 0.338. The van der Waals surface area contributed by atoms with Gasteiger partial charge >= 0.3 is 0 Å². The summed E-state index contributed by atoms with van der Waals surface area (Å²) in [5, 5.41) is 15.0. The second-order valence-corrected chi connectivity index (χ2v) is 10.3. The van der Waals surface area contributed by atoms with Crippen molar-refractivity contribution in [2.75, 3.05) is 11.1 Å². The zero-order chi connectivity index (χ0) is 24.8. The number of amides is 2. The highest BCUT2D eigenvalue weighted by Crippen LogP contribution is 2.27. The molecule has 2 amide bonds. The van der Waals surface area contributed by atoms with Gasteiger partial charge in [-0.25, -0.2) is 0 Å². The summed E-state index contributed by atoms with van der Waals surface area (Å²) in [4.78, 5) is 25.3. The molecule has 0 spiro atoms. The Kier molecular flexibility index (Phi) is 8.37. The molecule has 2 N–H and O–H groups in total. The molecule has 0 aliphatic heterocycles. The summed E-state index contributed by atoms with van der Waals surface area (Å²) in [5.41, 5.74) is 3.11. The van der Waals surface area contributed by atoms with Gasteiger partial charge in [-0.15, -0.1) is 10.2 Å². The van der Waals surface area contributed by atoms with Crippen LogP contribution in [-0.2, 0) is 11.3 Å². The van der Waals surface area contributed by atoms with Gasteiger partial charge in [0.25, 0.3) is 5.91 Å². The average Bonchev–Trinajstić information content (AvgIpc) is 3.27. The van der Waals surface area contributed by atoms with E-state index in [9.17, 15) is 9.59 Å². The topological polar surface area (TPSA) is 88.9 Å². The van der Waals surface area contributed by atoms with E-state index in [1.807, 2.05) is 78.2 Å². The number of rotatable bonds is 8. The third kappa shape index (κ3) is 6.59. The van der Waals surface area contributed by atoms with Gasteiger partial charge in [0.15, 0.2) is 11.0 Å². The van der Waals surface area contributed by atoms with E-state index in [4.69, 9.17) is 0 Å². The normalized spacial score (nSPS) is 10.7. The molecule has 7 nitrogen and oxygen atoms in total. The molecule has 4 aromatic rings. The molecule has 0 atom stereocenters. The van der Waals surface area contributed by atoms with E-state index in [0.717, 1.165) is 20.2 Å². The molecule has 10 heteroatoms. The lowest BCUT2D eigenvalue weighted by molar-refractivity contribution is -0.113. The first-order valence-corrected chi connectivity index (χ1v) is 13.2. The number of hydrogen-bond acceptors (Lipinski definition) is 5. The maximum absolute atomic E-state index is 12.6. The van der Waals surface area contributed by atoms with Crippen molar-refractivity contribution in [3.05, 3.63) is 98.7 Å². The molecule has 3 aromatic carbocycles. The van der Waals surface area contributed by atoms with Crippen molar-refractivity contribution >= 4 is 61.1 Å². The van der Waals surface area contributed by atoms with Gasteiger partial charge in [-0.1, -0.05) is 63.6 Å². The minimum atomic E-state index is -0.190. The number of halogens is 2. The van der Waals surface area contributed by atoms with Gasteiger partial charge in [0.1, 0.15) is 0 Å². The molecule has 0 bridgehead atoms. The molecule has 0 unspecified atom stereocenters. The van der Waals surface area contributed by atoms with Gasteiger partial charge in [-0.3, -0.25) is 14.2 Å². The molecule has 1 heterocycles. The summed E-state index contributed by atoms with van der Waals surface area (Å²) < 4.78 is 3.51. The summed E-state index contributed by atoms with van der Waals surface area (Å²) >= 11 is 8.13. The average molecular weight is 615 g/mol. The maximum atomic E-state index is 12.6. The number of nitrogens with zero attached hydrogens (tertiary/aromatic N) is 3. The van der Waals surface area contributed by atoms with Gasteiger partial charge < -0.3 is 10.6 Å². The van der Waals surface area contributed by atoms with Crippen LogP contribution >= 0.6 is 43.6 Å². The van der Waals surface area contributed by atoms with Crippen molar-refractivity contribution in [1.82, 2.24) is 20.1 Å². The SMILES string of the molecule is Cc1cccc(C(=O)NCc2nnc(SCC(=O)Nc3cc(Br)ccc3Br)n2-c2ccccc2)c1. The second-order valence-electron chi connectivity index (χ2n) is 7.58. The number of carbonyl (C=O) groups excluding carboxylic acids is 2. The number of aryl methyl sites for hydroxylation is 1. The quantitative estimate of drug-likeness (QED) is 0.246. The summed E-state index contributed by atoms with van der Waals surface area (Å²) in [7, 11) is 0. The Morgan fingerprint density at radius 1 is 0.971 bits per heavy atom. The van der Waals surface area contributed by atoms with Crippen LogP contribution in [-0.4, -0.2) is 32.3 Å². The predicted octanol–water partition coefficient (Wildman–Crippen LogP) is 5.76. The Labute approximate surface area is 224 Å². The van der Waals surface area contributed by atoms with E-state index in [-0.39, 0.29) is 24.1 Å². The molecule has 178 valence electrons. The van der Waals surface area contributed by atoms with Crippen LogP contribution in [0.5, 0.6) is 0 Å². The van der Waals surface area contributed by atoms with Crippen LogP contribution < -0.4 is 10.6 Å². The molecule has 35 heavy (non-hydrogen) atoms. The van der Waals surface area contributed by atoms with Crippen LogP contribution in [0.3, 0.4) is 0 Å². The Hall–Kier alpha value is -2.95. The lowest BCUT2D eigenvalue weighted by Gasteiger charge is -2.11. The predicted molar refractivity (Wildman–Crippen MR) is 145 cm³/mol. The number of nitrogens with one attached hydrogen (secondary N) is 2. The first kappa shape index (κ1) is 25.2. The minimum absolute atomic E-state index is 0.138. The second kappa shape index (κ2) is 11.7. The van der Waals surface area contributed by atoms with Crippen molar-refractivity contribution in [2.45, 2.75) is 18.6 Å². The highest BCUT2D eigenvalue weighted by molar-refractivity contribution is 9.11. The van der Waals surface area contributed by atoms with Crippen LogP contribution in [0.25, 0.3) is 5.69 Å².